The SMILES string of the molecule is CCN(Cc1ccc2c(c1)OCO2)S(=O)(=O)c1ccc(Br)c(C)c1. The molecule has 0 fully saturated rings. The number of halogens is 1. The summed E-state index contributed by atoms with van der Waals surface area (Å²) in [5, 5.41) is 0. The van der Waals surface area contributed by atoms with Crippen molar-refractivity contribution >= 4 is 26.0 Å². The van der Waals surface area contributed by atoms with Gasteiger partial charge in [-0.3, -0.25) is 0 Å². The fraction of sp³-hybridized carbons (Fsp3) is 0.294. The van der Waals surface area contributed by atoms with Crippen LogP contribution in [0, 0.1) is 6.92 Å². The maximum atomic E-state index is 12.9. The monoisotopic (exact) mass is 411 g/mol. The van der Waals surface area contributed by atoms with Crippen LogP contribution in [-0.2, 0) is 16.6 Å². The van der Waals surface area contributed by atoms with E-state index in [4.69, 9.17) is 9.47 Å². The highest BCUT2D eigenvalue weighted by Crippen LogP contribution is 2.33. The fourth-order valence-corrected chi connectivity index (χ4v) is 4.31. The van der Waals surface area contributed by atoms with Crippen LogP contribution in [-0.4, -0.2) is 26.1 Å². The summed E-state index contributed by atoms with van der Waals surface area (Å²) in [5.74, 6) is 1.34. The van der Waals surface area contributed by atoms with Gasteiger partial charge in [-0.05, 0) is 48.4 Å². The lowest BCUT2D eigenvalue weighted by Crippen LogP contribution is -2.30. The van der Waals surface area contributed by atoms with E-state index in [1.165, 1.54) is 4.31 Å². The predicted octanol–water partition coefficient (Wildman–Crippen LogP) is 3.70. The molecule has 1 aliphatic heterocycles. The highest BCUT2D eigenvalue weighted by Gasteiger charge is 2.24. The minimum atomic E-state index is -3.56. The van der Waals surface area contributed by atoms with Crippen LogP contribution in [0.2, 0.25) is 0 Å². The molecule has 0 amide bonds. The third kappa shape index (κ3) is 3.29. The molecule has 0 saturated carbocycles. The van der Waals surface area contributed by atoms with E-state index in [2.05, 4.69) is 15.9 Å². The quantitative estimate of drug-likeness (QED) is 0.752. The molecular formula is C17H18BrNO4S. The van der Waals surface area contributed by atoms with Crippen LogP contribution in [0.15, 0.2) is 45.8 Å². The van der Waals surface area contributed by atoms with Crippen LogP contribution < -0.4 is 9.47 Å². The molecule has 7 heteroatoms. The number of sulfonamides is 1. The Morgan fingerprint density at radius 1 is 1.12 bits per heavy atom. The molecule has 2 aromatic rings. The Balaban J connectivity index is 1.88. The van der Waals surface area contributed by atoms with Crippen molar-refractivity contribution < 1.29 is 17.9 Å². The Kier molecular flexibility index (Phi) is 4.85. The standard InChI is InChI=1S/C17H18BrNO4S/c1-3-19(10-13-4-7-16-17(9-13)23-11-22-16)24(20,21)14-5-6-15(18)12(2)8-14/h4-9H,3,10-11H2,1-2H3. The van der Waals surface area contributed by atoms with Crippen LogP contribution in [0.3, 0.4) is 0 Å². The van der Waals surface area contributed by atoms with Gasteiger partial charge in [0.05, 0.1) is 4.90 Å². The van der Waals surface area contributed by atoms with Crippen molar-refractivity contribution in [3.63, 3.8) is 0 Å². The molecule has 1 aliphatic rings. The van der Waals surface area contributed by atoms with E-state index in [9.17, 15) is 8.42 Å². The number of aryl methyl sites for hydroxylation is 1. The zero-order chi connectivity index (χ0) is 17.3. The van der Waals surface area contributed by atoms with Crippen LogP contribution in [0.1, 0.15) is 18.1 Å². The van der Waals surface area contributed by atoms with Crippen LogP contribution >= 0.6 is 15.9 Å². The zero-order valence-corrected chi connectivity index (χ0v) is 15.9. The van der Waals surface area contributed by atoms with Gasteiger partial charge in [-0.15, -0.1) is 0 Å². The van der Waals surface area contributed by atoms with Gasteiger partial charge >= 0.3 is 0 Å². The van der Waals surface area contributed by atoms with Gasteiger partial charge in [-0.2, -0.15) is 4.31 Å². The minimum Gasteiger partial charge on any atom is -0.454 e. The average Bonchev–Trinajstić information content (AvgIpc) is 3.02. The summed E-state index contributed by atoms with van der Waals surface area (Å²) in [7, 11) is -3.56. The summed E-state index contributed by atoms with van der Waals surface area (Å²) in [5.41, 5.74) is 1.74. The lowest BCUT2D eigenvalue weighted by Gasteiger charge is -2.21. The number of fused-ring (bicyclic) bond motifs is 1. The van der Waals surface area contributed by atoms with Gasteiger partial charge in [-0.25, -0.2) is 8.42 Å². The van der Waals surface area contributed by atoms with Gasteiger partial charge in [0.15, 0.2) is 11.5 Å². The molecule has 0 spiro atoms. The summed E-state index contributed by atoms with van der Waals surface area (Å²) in [6, 6.07) is 10.6. The molecule has 3 rings (SSSR count). The van der Waals surface area contributed by atoms with E-state index in [1.54, 1.807) is 18.2 Å². The second kappa shape index (κ2) is 6.74. The van der Waals surface area contributed by atoms with Crippen LogP contribution in [0.4, 0.5) is 0 Å². The summed E-state index contributed by atoms with van der Waals surface area (Å²) < 4.78 is 38.8. The summed E-state index contributed by atoms with van der Waals surface area (Å²) >= 11 is 3.40. The van der Waals surface area contributed by atoms with Gasteiger partial charge in [0.1, 0.15) is 0 Å². The molecule has 2 aromatic carbocycles. The Hall–Kier alpha value is -1.57. The molecule has 0 bridgehead atoms. The number of rotatable bonds is 5. The largest absolute Gasteiger partial charge is 0.454 e. The highest BCUT2D eigenvalue weighted by molar-refractivity contribution is 9.10. The van der Waals surface area contributed by atoms with Gasteiger partial charge in [0.2, 0.25) is 16.8 Å². The summed E-state index contributed by atoms with van der Waals surface area (Å²) in [6.45, 7) is 4.57. The zero-order valence-electron chi connectivity index (χ0n) is 13.5. The normalized spacial score (nSPS) is 13.5. The van der Waals surface area contributed by atoms with Gasteiger partial charge in [0.25, 0.3) is 0 Å². The molecule has 0 aliphatic carbocycles. The summed E-state index contributed by atoms with van der Waals surface area (Å²) in [6.07, 6.45) is 0. The van der Waals surface area contributed by atoms with E-state index in [-0.39, 0.29) is 13.3 Å². The lowest BCUT2D eigenvalue weighted by atomic mass is 10.2. The van der Waals surface area contributed by atoms with Crippen molar-refractivity contribution in [1.29, 1.82) is 0 Å². The van der Waals surface area contributed by atoms with E-state index >= 15 is 0 Å². The van der Waals surface area contributed by atoms with Crippen molar-refractivity contribution in [2.24, 2.45) is 0 Å². The molecule has 1 heterocycles. The molecule has 0 aromatic heterocycles. The first-order valence-corrected chi connectivity index (χ1v) is 9.80. The van der Waals surface area contributed by atoms with Gasteiger partial charge in [-0.1, -0.05) is 28.9 Å². The van der Waals surface area contributed by atoms with E-state index in [0.717, 1.165) is 15.6 Å². The van der Waals surface area contributed by atoms with Crippen molar-refractivity contribution in [2.75, 3.05) is 13.3 Å². The first-order valence-electron chi connectivity index (χ1n) is 7.56. The van der Waals surface area contributed by atoms with Crippen molar-refractivity contribution in [3.05, 3.63) is 52.0 Å². The smallest absolute Gasteiger partial charge is 0.243 e. The van der Waals surface area contributed by atoms with E-state index < -0.39 is 10.0 Å². The minimum absolute atomic E-state index is 0.201. The molecule has 0 atom stereocenters. The Bertz CT molecular complexity index is 867. The van der Waals surface area contributed by atoms with Crippen molar-refractivity contribution in [3.8, 4) is 11.5 Å². The Labute approximate surface area is 150 Å². The Morgan fingerprint density at radius 2 is 1.88 bits per heavy atom. The molecule has 0 saturated heterocycles. The number of nitrogens with zero attached hydrogens (tertiary/aromatic N) is 1. The lowest BCUT2D eigenvalue weighted by molar-refractivity contribution is 0.174. The van der Waals surface area contributed by atoms with E-state index in [1.807, 2.05) is 32.0 Å². The third-order valence-corrected chi connectivity index (χ3v) is 6.72. The first kappa shape index (κ1) is 17.3. The molecule has 0 N–H and O–H groups in total. The number of hydrogen-bond acceptors (Lipinski definition) is 4. The fourth-order valence-electron chi connectivity index (χ4n) is 2.54. The average molecular weight is 412 g/mol. The summed E-state index contributed by atoms with van der Waals surface area (Å²) in [4.78, 5) is 0.297. The molecular weight excluding hydrogens is 394 g/mol. The highest BCUT2D eigenvalue weighted by atomic mass is 79.9. The van der Waals surface area contributed by atoms with Crippen LogP contribution in [0.5, 0.6) is 11.5 Å². The second-order valence-corrected chi connectivity index (χ2v) is 8.32. The van der Waals surface area contributed by atoms with Crippen molar-refractivity contribution in [2.45, 2.75) is 25.3 Å². The maximum Gasteiger partial charge on any atom is 0.243 e. The molecule has 0 radical (unpaired) electrons. The van der Waals surface area contributed by atoms with Gasteiger partial charge < -0.3 is 9.47 Å². The first-order chi connectivity index (χ1) is 11.4. The Morgan fingerprint density at radius 3 is 2.58 bits per heavy atom. The number of ether oxygens (including phenoxy) is 2. The topological polar surface area (TPSA) is 55.8 Å². The maximum absolute atomic E-state index is 12.9. The molecule has 5 nitrogen and oxygen atoms in total. The third-order valence-electron chi connectivity index (χ3n) is 3.92. The second-order valence-electron chi connectivity index (χ2n) is 5.53. The van der Waals surface area contributed by atoms with Crippen molar-refractivity contribution in [1.82, 2.24) is 4.31 Å². The predicted molar refractivity (Wildman–Crippen MR) is 94.7 cm³/mol. The number of benzene rings is 2. The molecule has 24 heavy (non-hydrogen) atoms. The number of hydrogen-bond donors (Lipinski definition) is 0. The van der Waals surface area contributed by atoms with E-state index in [0.29, 0.717) is 22.9 Å². The molecule has 0 unspecified atom stereocenters. The van der Waals surface area contributed by atoms with Crippen LogP contribution in [0.25, 0.3) is 0 Å². The molecule has 128 valence electrons. The van der Waals surface area contributed by atoms with Gasteiger partial charge in [0, 0.05) is 17.6 Å².